The van der Waals surface area contributed by atoms with Gasteiger partial charge < -0.3 is 14.8 Å². The van der Waals surface area contributed by atoms with E-state index >= 15 is 0 Å². The van der Waals surface area contributed by atoms with E-state index in [4.69, 9.17) is 9.47 Å². The lowest BCUT2D eigenvalue weighted by atomic mass is 9.93. The van der Waals surface area contributed by atoms with Gasteiger partial charge in [0.05, 0.1) is 12.8 Å². The van der Waals surface area contributed by atoms with Crippen molar-refractivity contribution >= 4 is 0 Å². The number of aromatic nitrogens is 1. The molecule has 2 heterocycles. The fourth-order valence-electron chi connectivity index (χ4n) is 2.72. The number of hydrogen-bond donors (Lipinski definition) is 1. The van der Waals surface area contributed by atoms with E-state index in [1.165, 1.54) is 6.42 Å². The number of rotatable bonds is 6. The Morgan fingerprint density at radius 3 is 2.75 bits per heavy atom. The lowest BCUT2D eigenvalue weighted by Gasteiger charge is -2.26. The van der Waals surface area contributed by atoms with Crippen LogP contribution in [-0.4, -0.2) is 31.3 Å². The minimum Gasteiger partial charge on any atom is -0.488 e. The van der Waals surface area contributed by atoms with Crippen LogP contribution in [0, 0.1) is 18.8 Å². The summed E-state index contributed by atoms with van der Waals surface area (Å²) in [4.78, 5) is 4.39. The summed E-state index contributed by atoms with van der Waals surface area (Å²) in [6.45, 7) is 8.62. The fraction of sp³-hybridized carbons (Fsp3) is 0.688. The monoisotopic (exact) mass is 278 g/mol. The summed E-state index contributed by atoms with van der Waals surface area (Å²) in [5.74, 6) is 2.74. The second kappa shape index (κ2) is 6.93. The average molecular weight is 278 g/mol. The predicted molar refractivity (Wildman–Crippen MR) is 80.4 cm³/mol. The van der Waals surface area contributed by atoms with Crippen molar-refractivity contribution in [3.05, 3.63) is 17.8 Å². The predicted octanol–water partition coefficient (Wildman–Crippen LogP) is 2.80. The number of pyridine rings is 1. The smallest absolute Gasteiger partial charge is 0.213 e. The summed E-state index contributed by atoms with van der Waals surface area (Å²) in [6.07, 6.45) is 2.54. The molecule has 0 saturated carbocycles. The summed E-state index contributed by atoms with van der Waals surface area (Å²) in [7, 11) is 1.63. The van der Waals surface area contributed by atoms with Gasteiger partial charge in [-0.2, -0.15) is 0 Å². The average Bonchev–Trinajstić information content (AvgIpc) is 2.93. The highest BCUT2D eigenvalue weighted by Gasteiger charge is 2.27. The first kappa shape index (κ1) is 15.1. The van der Waals surface area contributed by atoms with Crippen LogP contribution in [0.15, 0.2) is 12.1 Å². The number of methoxy groups -OCH3 is 1. The first-order valence-corrected chi connectivity index (χ1v) is 7.49. The van der Waals surface area contributed by atoms with Crippen LogP contribution >= 0.6 is 0 Å². The molecule has 1 aromatic heterocycles. The van der Waals surface area contributed by atoms with Gasteiger partial charge in [0.1, 0.15) is 11.9 Å². The zero-order valence-electron chi connectivity index (χ0n) is 13.0. The second-order valence-corrected chi connectivity index (χ2v) is 5.98. The Morgan fingerprint density at radius 2 is 2.20 bits per heavy atom. The van der Waals surface area contributed by atoms with Crippen LogP contribution in [-0.2, 0) is 0 Å². The molecule has 0 spiro atoms. The molecule has 4 heteroatoms. The van der Waals surface area contributed by atoms with Crippen LogP contribution in [0.3, 0.4) is 0 Å². The third kappa shape index (κ3) is 3.85. The third-order valence-corrected chi connectivity index (χ3v) is 3.83. The topological polar surface area (TPSA) is 43.4 Å². The van der Waals surface area contributed by atoms with Crippen LogP contribution in [0.4, 0.5) is 0 Å². The summed E-state index contributed by atoms with van der Waals surface area (Å²) < 4.78 is 11.4. The molecule has 1 N–H and O–H groups in total. The highest BCUT2D eigenvalue weighted by molar-refractivity contribution is 5.30. The second-order valence-electron chi connectivity index (χ2n) is 5.98. The van der Waals surface area contributed by atoms with Gasteiger partial charge in [-0.05, 0) is 38.3 Å². The summed E-state index contributed by atoms with van der Waals surface area (Å²) in [6, 6.07) is 3.83. The summed E-state index contributed by atoms with van der Waals surface area (Å²) >= 11 is 0. The van der Waals surface area contributed by atoms with Crippen molar-refractivity contribution < 1.29 is 9.47 Å². The van der Waals surface area contributed by atoms with Crippen LogP contribution in [0.25, 0.3) is 0 Å². The Balaban J connectivity index is 2.10. The molecule has 1 unspecified atom stereocenters. The van der Waals surface area contributed by atoms with Crippen LogP contribution in [0.5, 0.6) is 11.6 Å². The van der Waals surface area contributed by atoms with E-state index in [9.17, 15) is 0 Å². The van der Waals surface area contributed by atoms with E-state index < -0.39 is 0 Å². The molecule has 1 aliphatic rings. The summed E-state index contributed by atoms with van der Waals surface area (Å²) in [5.41, 5.74) is 0.893. The number of nitrogens with zero attached hydrogens (tertiary/aromatic N) is 1. The maximum atomic E-state index is 6.28. The van der Waals surface area contributed by atoms with E-state index in [0.717, 1.165) is 31.0 Å². The van der Waals surface area contributed by atoms with Gasteiger partial charge in [-0.25, -0.2) is 4.98 Å². The lowest BCUT2D eigenvalue weighted by Crippen LogP contribution is -2.30. The van der Waals surface area contributed by atoms with Crippen LogP contribution < -0.4 is 14.8 Å². The normalized spacial score (nSPS) is 20.1. The number of nitrogens with one attached hydrogen (secondary N) is 1. The molecule has 4 nitrogen and oxygen atoms in total. The molecule has 1 saturated heterocycles. The first-order chi connectivity index (χ1) is 9.60. The molecule has 1 aromatic rings. The maximum Gasteiger partial charge on any atom is 0.213 e. The Morgan fingerprint density at radius 1 is 1.40 bits per heavy atom. The molecular weight excluding hydrogens is 252 g/mol. The molecule has 0 bridgehead atoms. The molecule has 0 aromatic carbocycles. The van der Waals surface area contributed by atoms with E-state index in [2.05, 4.69) is 24.1 Å². The molecule has 1 aliphatic heterocycles. The van der Waals surface area contributed by atoms with Gasteiger partial charge in [0, 0.05) is 18.5 Å². The van der Waals surface area contributed by atoms with Crippen molar-refractivity contribution in [3.8, 4) is 11.6 Å². The van der Waals surface area contributed by atoms with Crippen molar-refractivity contribution in [2.24, 2.45) is 11.8 Å². The third-order valence-electron chi connectivity index (χ3n) is 3.83. The fourth-order valence-corrected chi connectivity index (χ4v) is 2.72. The van der Waals surface area contributed by atoms with E-state index in [1.54, 1.807) is 7.11 Å². The lowest BCUT2D eigenvalue weighted by molar-refractivity contribution is 0.118. The molecule has 1 fully saturated rings. The van der Waals surface area contributed by atoms with Crippen molar-refractivity contribution in [2.75, 3.05) is 20.2 Å². The van der Waals surface area contributed by atoms with Gasteiger partial charge in [0.15, 0.2) is 0 Å². The van der Waals surface area contributed by atoms with Crippen molar-refractivity contribution in [1.29, 1.82) is 0 Å². The van der Waals surface area contributed by atoms with Gasteiger partial charge in [0.25, 0.3) is 0 Å². The number of hydrogen-bond acceptors (Lipinski definition) is 4. The van der Waals surface area contributed by atoms with E-state index in [1.807, 2.05) is 19.1 Å². The number of ether oxygens (including phenoxy) is 2. The quantitative estimate of drug-likeness (QED) is 0.869. The summed E-state index contributed by atoms with van der Waals surface area (Å²) in [5, 5.41) is 3.43. The minimum absolute atomic E-state index is 0.263. The SMILES string of the molecule is COc1ccc(O[C@@H](CC(C)C)C2CCNC2)c(C)n1. The van der Waals surface area contributed by atoms with Gasteiger partial charge >= 0.3 is 0 Å². The maximum absolute atomic E-state index is 6.28. The molecular formula is C16H26N2O2. The van der Waals surface area contributed by atoms with Crippen molar-refractivity contribution in [1.82, 2.24) is 10.3 Å². The van der Waals surface area contributed by atoms with Gasteiger partial charge in [-0.15, -0.1) is 0 Å². The molecule has 2 atom stereocenters. The van der Waals surface area contributed by atoms with Crippen LogP contribution in [0.2, 0.25) is 0 Å². The van der Waals surface area contributed by atoms with Crippen molar-refractivity contribution in [3.63, 3.8) is 0 Å². The molecule has 0 radical (unpaired) electrons. The Labute approximate surface area is 121 Å². The molecule has 0 amide bonds. The Kier molecular flexibility index (Phi) is 5.24. The zero-order chi connectivity index (χ0) is 14.5. The standard InChI is InChI=1S/C16H26N2O2/c1-11(2)9-15(13-7-8-17-10-13)20-14-5-6-16(19-4)18-12(14)3/h5-6,11,13,15,17H,7-10H2,1-4H3/t13?,15-/m0/s1. The highest BCUT2D eigenvalue weighted by atomic mass is 16.5. The van der Waals surface area contributed by atoms with Gasteiger partial charge in [-0.3, -0.25) is 0 Å². The van der Waals surface area contributed by atoms with E-state index in [-0.39, 0.29) is 6.10 Å². The van der Waals surface area contributed by atoms with Gasteiger partial charge in [0.2, 0.25) is 5.88 Å². The molecule has 0 aliphatic carbocycles. The van der Waals surface area contributed by atoms with Crippen molar-refractivity contribution in [2.45, 2.75) is 39.7 Å². The zero-order valence-corrected chi connectivity index (χ0v) is 13.0. The Hall–Kier alpha value is -1.29. The van der Waals surface area contributed by atoms with Crippen LogP contribution in [0.1, 0.15) is 32.4 Å². The molecule has 20 heavy (non-hydrogen) atoms. The highest BCUT2D eigenvalue weighted by Crippen LogP contribution is 2.27. The van der Waals surface area contributed by atoms with Gasteiger partial charge in [-0.1, -0.05) is 13.8 Å². The largest absolute Gasteiger partial charge is 0.488 e. The number of aryl methyl sites for hydroxylation is 1. The molecule has 112 valence electrons. The minimum atomic E-state index is 0.263. The molecule has 2 rings (SSSR count). The first-order valence-electron chi connectivity index (χ1n) is 7.49. The Bertz CT molecular complexity index is 428. The van der Waals surface area contributed by atoms with E-state index in [0.29, 0.717) is 17.7 Å².